The molecule has 7 aromatic rings. The molecule has 1 aromatic heterocycles. The molecule has 3 heteroatoms. The molecule has 6 aromatic carbocycles. The lowest BCUT2D eigenvalue weighted by Crippen LogP contribution is -2.42. The molecule has 2 aliphatic carbocycles. The number of pyridine rings is 1. The second kappa shape index (κ2) is 10.6. The maximum Gasteiger partial charge on any atom is 0.192 e. The molecule has 0 fully saturated rings. The third-order valence-corrected chi connectivity index (χ3v) is 13.1. The van der Waals surface area contributed by atoms with Crippen molar-refractivity contribution in [1.29, 1.82) is 0 Å². The number of aromatic nitrogens is 1. The summed E-state index contributed by atoms with van der Waals surface area (Å²) in [5, 5.41) is 2.21. The lowest BCUT2D eigenvalue weighted by Gasteiger charge is -2.44. The van der Waals surface area contributed by atoms with Crippen molar-refractivity contribution in [2.75, 3.05) is 0 Å². The molecule has 0 saturated heterocycles. The highest BCUT2D eigenvalue weighted by Gasteiger charge is 2.52. The number of fused-ring (bicyclic) bond motifs is 10. The summed E-state index contributed by atoms with van der Waals surface area (Å²) in [6.07, 6.45) is 2.00. The lowest BCUT2D eigenvalue weighted by molar-refractivity contribution is 0.697. The van der Waals surface area contributed by atoms with Crippen molar-refractivity contribution in [2.24, 2.45) is 0 Å². The normalized spacial score (nSPS) is 15.5. The zero-order valence-electron chi connectivity index (χ0n) is 28.7. The number of hydrogen-bond donors (Lipinski definition) is 0. The van der Waals surface area contributed by atoms with Crippen molar-refractivity contribution < 1.29 is 0 Å². The lowest BCUT2D eigenvalue weighted by atomic mass is 9.58. The number of aryl methyl sites for hydroxylation is 2. The quantitative estimate of drug-likeness (QED) is 0.175. The molecule has 1 atom stereocenters. The summed E-state index contributed by atoms with van der Waals surface area (Å²) in [4.78, 5) is 13.6. The highest BCUT2D eigenvalue weighted by molar-refractivity contribution is 6.88. The molecule has 0 amide bonds. The van der Waals surface area contributed by atoms with Gasteiger partial charge in [0.2, 0.25) is 0 Å². The zero-order valence-corrected chi connectivity index (χ0v) is 29.7. The van der Waals surface area contributed by atoms with Crippen molar-refractivity contribution in [3.63, 3.8) is 0 Å². The molecule has 1 spiro atoms. The highest BCUT2D eigenvalue weighted by Crippen LogP contribution is 2.61. The Labute approximate surface area is 289 Å². The fourth-order valence-electron chi connectivity index (χ4n) is 8.79. The Kier molecular flexibility index (Phi) is 6.47. The minimum Gasteiger partial charge on any atom is -0.316 e. The SMILES string of the molecule is Cc1ccc2c(c1)C1(c3ccccc3-c3ccccc31)c1cc([Si](C)(C)C)ccc1C2c1ccc2c(=O)c(C)cn(-c3ccccc3)c2c1. The summed E-state index contributed by atoms with van der Waals surface area (Å²) in [7, 11) is -1.68. The van der Waals surface area contributed by atoms with Crippen LogP contribution >= 0.6 is 0 Å². The first kappa shape index (κ1) is 29.9. The maximum atomic E-state index is 13.6. The standard InChI is InChI=1S/C46H39NOSi/c1-29-19-22-36-41(25-29)46(39-17-11-9-15-34(39)35-16-10-12-18-40(35)46)42-27-33(49(3,4)5)21-24-37(42)44(36)31-20-23-38-43(26-31)47(28-30(2)45(38)48)32-13-7-6-8-14-32/h6-28,44H,1-5H3. The Balaban J connectivity index is 1.41. The second-order valence-corrected chi connectivity index (χ2v) is 20.1. The van der Waals surface area contributed by atoms with Crippen LogP contribution in [-0.2, 0) is 5.41 Å². The molecule has 0 radical (unpaired) electrons. The van der Waals surface area contributed by atoms with Crippen molar-refractivity contribution in [1.82, 2.24) is 4.57 Å². The first-order valence-electron chi connectivity index (χ1n) is 17.3. The molecule has 49 heavy (non-hydrogen) atoms. The third-order valence-electron chi connectivity index (χ3n) is 11.1. The van der Waals surface area contributed by atoms with Crippen molar-refractivity contribution in [2.45, 2.75) is 44.8 Å². The van der Waals surface area contributed by atoms with E-state index in [-0.39, 0.29) is 11.3 Å². The van der Waals surface area contributed by atoms with Gasteiger partial charge in [-0.3, -0.25) is 4.79 Å². The van der Waals surface area contributed by atoms with E-state index in [1.54, 1.807) is 0 Å². The van der Waals surface area contributed by atoms with Crippen LogP contribution in [0.25, 0.3) is 27.7 Å². The first-order valence-corrected chi connectivity index (χ1v) is 20.8. The van der Waals surface area contributed by atoms with E-state index in [0.717, 1.165) is 22.2 Å². The van der Waals surface area contributed by atoms with E-state index in [1.807, 2.05) is 19.2 Å². The predicted molar refractivity (Wildman–Crippen MR) is 207 cm³/mol. The van der Waals surface area contributed by atoms with E-state index in [2.05, 4.69) is 159 Å². The Bertz CT molecular complexity index is 2490. The van der Waals surface area contributed by atoms with E-state index in [9.17, 15) is 4.79 Å². The average Bonchev–Trinajstić information content (AvgIpc) is 3.41. The van der Waals surface area contributed by atoms with Gasteiger partial charge in [-0.2, -0.15) is 0 Å². The van der Waals surface area contributed by atoms with E-state index in [1.165, 1.54) is 60.8 Å². The largest absolute Gasteiger partial charge is 0.316 e. The third kappa shape index (κ3) is 4.22. The minimum atomic E-state index is -1.68. The van der Waals surface area contributed by atoms with Gasteiger partial charge in [-0.15, -0.1) is 0 Å². The Morgan fingerprint density at radius 3 is 1.90 bits per heavy atom. The highest BCUT2D eigenvalue weighted by atomic mass is 28.3. The predicted octanol–water partition coefficient (Wildman–Crippen LogP) is 10.0. The molecule has 0 N–H and O–H groups in total. The van der Waals surface area contributed by atoms with Gasteiger partial charge in [0.05, 0.1) is 19.0 Å². The molecule has 0 saturated carbocycles. The number of para-hydroxylation sites is 1. The van der Waals surface area contributed by atoms with Gasteiger partial charge in [0.15, 0.2) is 5.43 Å². The van der Waals surface area contributed by atoms with Crippen LogP contribution in [0.4, 0.5) is 0 Å². The van der Waals surface area contributed by atoms with Crippen LogP contribution in [0.2, 0.25) is 19.6 Å². The molecule has 9 rings (SSSR count). The monoisotopic (exact) mass is 649 g/mol. The van der Waals surface area contributed by atoms with E-state index >= 15 is 0 Å². The molecule has 1 heterocycles. The van der Waals surface area contributed by atoms with Crippen LogP contribution in [0.3, 0.4) is 0 Å². The number of hydrogen-bond acceptors (Lipinski definition) is 1. The smallest absolute Gasteiger partial charge is 0.192 e. The second-order valence-electron chi connectivity index (χ2n) is 15.0. The summed E-state index contributed by atoms with van der Waals surface area (Å²) in [5.41, 5.74) is 15.6. The van der Waals surface area contributed by atoms with Gasteiger partial charge in [0, 0.05) is 28.8 Å². The molecule has 2 aliphatic rings. The average molecular weight is 650 g/mol. The van der Waals surface area contributed by atoms with Crippen molar-refractivity contribution in [3.05, 3.63) is 200 Å². The van der Waals surface area contributed by atoms with Gasteiger partial charge in [0.1, 0.15) is 0 Å². The van der Waals surface area contributed by atoms with Gasteiger partial charge in [-0.1, -0.05) is 140 Å². The summed E-state index contributed by atoms with van der Waals surface area (Å²) >= 11 is 0. The van der Waals surface area contributed by atoms with Gasteiger partial charge in [0.25, 0.3) is 0 Å². The van der Waals surface area contributed by atoms with Crippen LogP contribution in [0, 0.1) is 13.8 Å². The van der Waals surface area contributed by atoms with Gasteiger partial charge >= 0.3 is 0 Å². The number of rotatable bonds is 3. The van der Waals surface area contributed by atoms with Crippen LogP contribution in [-0.4, -0.2) is 12.6 Å². The summed E-state index contributed by atoms with van der Waals surface area (Å²) in [6, 6.07) is 49.6. The van der Waals surface area contributed by atoms with Gasteiger partial charge in [-0.05, 0) is 88.2 Å². The minimum absolute atomic E-state index is 0.00290. The van der Waals surface area contributed by atoms with Crippen LogP contribution in [0.1, 0.15) is 56.0 Å². The number of benzene rings is 6. The van der Waals surface area contributed by atoms with Crippen molar-refractivity contribution in [3.8, 4) is 16.8 Å². The van der Waals surface area contributed by atoms with Crippen LogP contribution in [0.15, 0.2) is 144 Å². The van der Waals surface area contributed by atoms with E-state index in [0.29, 0.717) is 0 Å². The van der Waals surface area contributed by atoms with Crippen LogP contribution < -0.4 is 10.6 Å². The van der Waals surface area contributed by atoms with Crippen LogP contribution in [0.5, 0.6) is 0 Å². The maximum absolute atomic E-state index is 13.6. The van der Waals surface area contributed by atoms with E-state index in [4.69, 9.17) is 0 Å². The summed E-state index contributed by atoms with van der Waals surface area (Å²) < 4.78 is 2.19. The Hall–Kier alpha value is -5.25. The molecule has 2 nitrogen and oxygen atoms in total. The Morgan fingerprint density at radius 1 is 0.612 bits per heavy atom. The molecule has 1 unspecified atom stereocenters. The molecule has 0 bridgehead atoms. The van der Waals surface area contributed by atoms with Gasteiger partial charge in [-0.25, -0.2) is 0 Å². The summed E-state index contributed by atoms with van der Waals surface area (Å²) in [5.74, 6) is -0.00290. The van der Waals surface area contributed by atoms with E-state index < -0.39 is 13.5 Å². The zero-order chi connectivity index (χ0) is 33.7. The first-order chi connectivity index (χ1) is 23.7. The summed E-state index contributed by atoms with van der Waals surface area (Å²) in [6.45, 7) is 11.5. The topological polar surface area (TPSA) is 22.0 Å². The molecular weight excluding hydrogens is 611 g/mol. The van der Waals surface area contributed by atoms with Gasteiger partial charge < -0.3 is 4.57 Å². The Morgan fingerprint density at radius 2 is 1.22 bits per heavy atom. The fourth-order valence-corrected chi connectivity index (χ4v) is 9.95. The van der Waals surface area contributed by atoms with Crippen molar-refractivity contribution >= 4 is 24.2 Å². The molecular formula is C46H39NOSi. The fraction of sp³-hybridized carbons (Fsp3) is 0.152. The molecule has 0 aliphatic heterocycles. The number of nitrogens with zero attached hydrogens (tertiary/aromatic N) is 1. The molecule has 238 valence electrons.